The molecule has 0 N–H and O–H groups in total. The first-order valence-corrected chi connectivity index (χ1v) is 7.85. The summed E-state index contributed by atoms with van der Waals surface area (Å²) in [5.41, 5.74) is 2.67. The fourth-order valence-electron chi connectivity index (χ4n) is 1.91. The topological polar surface area (TPSA) is 29.0 Å². The number of rotatable bonds is 5. The molecule has 0 unspecified atom stereocenters. The van der Waals surface area contributed by atoms with E-state index in [1.807, 2.05) is 12.4 Å². The molecule has 3 nitrogen and oxygen atoms in total. The van der Waals surface area contributed by atoms with Crippen molar-refractivity contribution in [1.29, 1.82) is 0 Å². The Morgan fingerprint density at radius 2 is 1.90 bits per heavy atom. The van der Waals surface area contributed by atoms with Crippen molar-refractivity contribution in [3.05, 3.63) is 46.2 Å². The van der Waals surface area contributed by atoms with Crippen LogP contribution in [0.3, 0.4) is 0 Å². The molecule has 0 spiro atoms. The third-order valence-corrected chi connectivity index (χ3v) is 4.09. The molecule has 2 rings (SSSR count). The second-order valence-corrected chi connectivity index (χ2v) is 7.16. The maximum Gasteiger partial charge on any atom is 0.107 e. The van der Waals surface area contributed by atoms with E-state index in [2.05, 4.69) is 55.2 Å². The lowest BCUT2D eigenvalue weighted by Gasteiger charge is -2.16. The number of nitrogens with zero attached hydrogens (tertiary/aromatic N) is 3. The minimum Gasteiger partial charge on any atom is -0.299 e. The van der Waals surface area contributed by atoms with Gasteiger partial charge in [0.25, 0.3) is 0 Å². The van der Waals surface area contributed by atoms with Gasteiger partial charge in [-0.05, 0) is 31.2 Å². The molecule has 0 radical (unpaired) electrons. The normalized spacial score (nSPS) is 12.1. The van der Waals surface area contributed by atoms with Crippen molar-refractivity contribution in [1.82, 2.24) is 14.9 Å². The van der Waals surface area contributed by atoms with Gasteiger partial charge >= 0.3 is 0 Å². The van der Waals surface area contributed by atoms with Crippen molar-refractivity contribution in [3.8, 4) is 0 Å². The van der Waals surface area contributed by atoms with Crippen LogP contribution in [0.15, 0.2) is 29.9 Å². The first kappa shape index (κ1) is 15.1. The van der Waals surface area contributed by atoms with Gasteiger partial charge in [0.15, 0.2) is 0 Å². The Morgan fingerprint density at radius 3 is 2.50 bits per heavy atom. The lowest BCUT2D eigenvalue weighted by molar-refractivity contribution is 0.330. The van der Waals surface area contributed by atoms with E-state index in [4.69, 9.17) is 4.98 Å². The summed E-state index contributed by atoms with van der Waals surface area (Å²) in [6.45, 7) is 8.58. The molecule has 2 heterocycles. The number of likely N-dealkylation sites (N-methyl/N-ethyl adjacent to an activating group) is 1. The molecule has 2 aromatic rings. The van der Waals surface area contributed by atoms with Crippen LogP contribution < -0.4 is 0 Å². The van der Waals surface area contributed by atoms with E-state index in [1.54, 1.807) is 11.3 Å². The Hall–Kier alpha value is -1.26. The van der Waals surface area contributed by atoms with Crippen molar-refractivity contribution < 1.29 is 0 Å². The van der Waals surface area contributed by atoms with Crippen LogP contribution in [0.2, 0.25) is 0 Å². The molecule has 4 heteroatoms. The Balaban J connectivity index is 1.85. The Bertz CT molecular complexity index is 528. The predicted octanol–water partition coefficient (Wildman–Crippen LogP) is 3.51. The van der Waals surface area contributed by atoms with Gasteiger partial charge in [-0.3, -0.25) is 9.88 Å². The van der Waals surface area contributed by atoms with E-state index >= 15 is 0 Å². The molecule has 0 amide bonds. The standard InChI is InChI=1S/C16H23N3S/c1-16(2,3)14-12-20-15(18-14)11-19(4)10-7-13-5-8-17-9-6-13/h5-6,8-9,12H,7,10-11H2,1-4H3. The predicted molar refractivity (Wildman–Crippen MR) is 85.1 cm³/mol. The maximum absolute atomic E-state index is 4.74. The lowest BCUT2D eigenvalue weighted by atomic mass is 9.93. The zero-order valence-electron chi connectivity index (χ0n) is 12.8. The van der Waals surface area contributed by atoms with Crippen LogP contribution in [0.4, 0.5) is 0 Å². The highest BCUT2D eigenvalue weighted by molar-refractivity contribution is 7.09. The van der Waals surface area contributed by atoms with Gasteiger partial charge < -0.3 is 0 Å². The number of aromatic nitrogens is 2. The van der Waals surface area contributed by atoms with Crippen LogP contribution in [0.25, 0.3) is 0 Å². The van der Waals surface area contributed by atoms with Crippen LogP contribution in [0.1, 0.15) is 37.0 Å². The molecule has 0 saturated carbocycles. The summed E-state index contributed by atoms with van der Waals surface area (Å²) in [6, 6.07) is 4.16. The molecule has 0 aliphatic carbocycles. The smallest absolute Gasteiger partial charge is 0.107 e. The SMILES string of the molecule is CN(CCc1ccncc1)Cc1nc(C(C)(C)C)cs1. The number of pyridine rings is 1. The van der Waals surface area contributed by atoms with E-state index in [9.17, 15) is 0 Å². The maximum atomic E-state index is 4.74. The molecule has 0 aliphatic rings. The van der Waals surface area contributed by atoms with E-state index in [0.29, 0.717) is 0 Å². The summed E-state index contributed by atoms with van der Waals surface area (Å²) >= 11 is 1.76. The first-order chi connectivity index (χ1) is 9.45. The number of hydrogen-bond acceptors (Lipinski definition) is 4. The molecule has 0 aliphatic heterocycles. The molecule has 0 fully saturated rings. The molecule has 0 atom stereocenters. The third-order valence-electron chi connectivity index (χ3n) is 3.26. The van der Waals surface area contributed by atoms with Crippen LogP contribution >= 0.6 is 11.3 Å². The van der Waals surface area contributed by atoms with Crippen molar-refractivity contribution >= 4 is 11.3 Å². The summed E-state index contributed by atoms with van der Waals surface area (Å²) in [4.78, 5) is 11.1. The largest absolute Gasteiger partial charge is 0.299 e. The second kappa shape index (κ2) is 6.46. The third kappa shape index (κ3) is 4.39. The molecule has 108 valence electrons. The van der Waals surface area contributed by atoms with Crippen molar-refractivity contribution in [2.24, 2.45) is 0 Å². The summed E-state index contributed by atoms with van der Waals surface area (Å²) in [5, 5.41) is 3.39. The summed E-state index contributed by atoms with van der Waals surface area (Å²) in [6.07, 6.45) is 4.76. The average Bonchev–Trinajstić information content (AvgIpc) is 2.86. The van der Waals surface area contributed by atoms with Gasteiger partial charge in [0, 0.05) is 29.7 Å². The Morgan fingerprint density at radius 1 is 1.20 bits per heavy atom. The highest BCUT2D eigenvalue weighted by Gasteiger charge is 2.17. The second-order valence-electron chi connectivity index (χ2n) is 6.22. The summed E-state index contributed by atoms with van der Waals surface area (Å²) in [5.74, 6) is 0. The van der Waals surface area contributed by atoms with E-state index < -0.39 is 0 Å². The molecule has 0 bridgehead atoms. The minimum atomic E-state index is 0.143. The highest BCUT2D eigenvalue weighted by Crippen LogP contribution is 2.24. The molecular weight excluding hydrogens is 266 g/mol. The van der Waals surface area contributed by atoms with E-state index in [-0.39, 0.29) is 5.41 Å². The fourth-order valence-corrected chi connectivity index (χ4v) is 3.01. The zero-order chi connectivity index (χ0) is 14.6. The van der Waals surface area contributed by atoms with E-state index in [1.165, 1.54) is 16.3 Å². The van der Waals surface area contributed by atoms with Crippen molar-refractivity contribution in [2.75, 3.05) is 13.6 Å². The lowest BCUT2D eigenvalue weighted by Crippen LogP contribution is -2.21. The Kier molecular flexibility index (Phi) is 4.89. The molecule has 0 saturated heterocycles. The zero-order valence-corrected chi connectivity index (χ0v) is 13.6. The molecule has 2 aromatic heterocycles. The van der Waals surface area contributed by atoms with Crippen LogP contribution in [-0.4, -0.2) is 28.5 Å². The average molecular weight is 289 g/mol. The van der Waals surface area contributed by atoms with Crippen LogP contribution in [-0.2, 0) is 18.4 Å². The highest BCUT2D eigenvalue weighted by atomic mass is 32.1. The quantitative estimate of drug-likeness (QED) is 0.843. The Labute approximate surface area is 125 Å². The van der Waals surface area contributed by atoms with Gasteiger partial charge in [0.2, 0.25) is 0 Å². The van der Waals surface area contributed by atoms with Crippen molar-refractivity contribution in [3.63, 3.8) is 0 Å². The monoisotopic (exact) mass is 289 g/mol. The van der Waals surface area contributed by atoms with Crippen LogP contribution in [0, 0.1) is 0 Å². The number of hydrogen-bond donors (Lipinski definition) is 0. The van der Waals surface area contributed by atoms with Gasteiger partial charge in [0.05, 0.1) is 12.2 Å². The minimum absolute atomic E-state index is 0.143. The van der Waals surface area contributed by atoms with Gasteiger partial charge in [-0.25, -0.2) is 4.98 Å². The van der Waals surface area contributed by atoms with Crippen molar-refractivity contribution in [2.45, 2.75) is 39.2 Å². The van der Waals surface area contributed by atoms with E-state index in [0.717, 1.165) is 19.5 Å². The van der Waals surface area contributed by atoms with Gasteiger partial charge in [-0.15, -0.1) is 11.3 Å². The van der Waals surface area contributed by atoms with Crippen LogP contribution in [0.5, 0.6) is 0 Å². The molecule has 0 aromatic carbocycles. The van der Waals surface area contributed by atoms with Gasteiger partial charge in [-0.1, -0.05) is 20.8 Å². The molecular formula is C16H23N3S. The molecule has 20 heavy (non-hydrogen) atoms. The summed E-state index contributed by atoms with van der Waals surface area (Å²) < 4.78 is 0. The number of thiazole rings is 1. The van der Waals surface area contributed by atoms with Gasteiger partial charge in [0.1, 0.15) is 5.01 Å². The first-order valence-electron chi connectivity index (χ1n) is 6.97. The fraction of sp³-hybridized carbons (Fsp3) is 0.500. The van der Waals surface area contributed by atoms with Gasteiger partial charge in [-0.2, -0.15) is 0 Å². The summed E-state index contributed by atoms with van der Waals surface area (Å²) in [7, 11) is 2.15.